The standard InChI is InChI=1S/C26H23N5O3/c1-17-7-10-20(11-8-17)25-15-24(29-30(25)22-6-4-5-18(2)13-22)26(32)28-27-16-21-14-23(31(33)34)12-9-19(21)3/h4-16H,1-3H3,(H,28,32)/b27-16-. The van der Waals surface area contributed by atoms with Crippen molar-refractivity contribution in [3.8, 4) is 16.9 Å². The second kappa shape index (κ2) is 9.50. The number of carbonyl (C=O) groups is 1. The number of hydrazone groups is 1. The highest BCUT2D eigenvalue weighted by molar-refractivity contribution is 5.94. The van der Waals surface area contributed by atoms with Crippen LogP contribution in [0.2, 0.25) is 0 Å². The van der Waals surface area contributed by atoms with Crippen LogP contribution in [0, 0.1) is 30.9 Å². The summed E-state index contributed by atoms with van der Waals surface area (Å²) in [7, 11) is 0. The molecule has 8 nitrogen and oxygen atoms in total. The van der Waals surface area contributed by atoms with Gasteiger partial charge in [0, 0.05) is 23.3 Å². The van der Waals surface area contributed by atoms with Crippen LogP contribution in [0.25, 0.3) is 16.9 Å². The minimum Gasteiger partial charge on any atom is -0.265 e. The molecule has 3 aromatic carbocycles. The van der Waals surface area contributed by atoms with E-state index in [1.54, 1.807) is 16.8 Å². The Balaban J connectivity index is 1.64. The predicted octanol–water partition coefficient (Wildman–Crippen LogP) is 5.14. The molecule has 170 valence electrons. The second-order valence-corrected chi connectivity index (χ2v) is 8.03. The lowest BCUT2D eigenvalue weighted by Crippen LogP contribution is -2.18. The molecule has 0 fully saturated rings. The van der Waals surface area contributed by atoms with Gasteiger partial charge in [-0.3, -0.25) is 14.9 Å². The summed E-state index contributed by atoms with van der Waals surface area (Å²) in [4.78, 5) is 23.4. The average Bonchev–Trinajstić information content (AvgIpc) is 3.26. The van der Waals surface area contributed by atoms with E-state index in [2.05, 4.69) is 15.6 Å². The van der Waals surface area contributed by atoms with Gasteiger partial charge in [-0.1, -0.05) is 48.0 Å². The number of hydrogen-bond donors (Lipinski definition) is 1. The molecule has 8 heteroatoms. The maximum Gasteiger partial charge on any atom is 0.291 e. The highest BCUT2D eigenvalue weighted by Crippen LogP contribution is 2.25. The Labute approximate surface area is 196 Å². The van der Waals surface area contributed by atoms with Crippen LogP contribution >= 0.6 is 0 Å². The highest BCUT2D eigenvalue weighted by atomic mass is 16.6. The van der Waals surface area contributed by atoms with Crippen LogP contribution in [0.5, 0.6) is 0 Å². The normalized spacial score (nSPS) is 11.0. The minimum absolute atomic E-state index is 0.0435. The SMILES string of the molecule is Cc1ccc(-c2cc(C(=O)N/N=C\c3cc([N+](=O)[O-])ccc3C)nn2-c2cccc(C)c2)cc1. The lowest BCUT2D eigenvalue weighted by molar-refractivity contribution is -0.384. The molecule has 0 aliphatic rings. The second-order valence-electron chi connectivity index (χ2n) is 8.03. The number of rotatable bonds is 6. The van der Waals surface area contributed by atoms with Crippen molar-refractivity contribution in [3.63, 3.8) is 0 Å². The fraction of sp³-hybridized carbons (Fsp3) is 0.115. The predicted molar refractivity (Wildman–Crippen MR) is 131 cm³/mol. The van der Waals surface area contributed by atoms with Crippen LogP contribution in [-0.2, 0) is 0 Å². The number of aromatic nitrogens is 2. The molecular formula is C26H23N5O3. The zero-order valence-electron chi connectivity index (χ0n) is 19.0. The Morgan fingerprint density at radius 1 is 1.00 bits per heavy atom. The summed E-state index contributed by atoms with van der Waals surface area (Å²) in [6.45, 7) is 5.82. The van der Waals surface area contributed by atoms with Crippen molar-refractivity contribution < 1.29 is 9.72 Å². The first kappa shape index (κ1) is 22.6. The van der Waals surface area contributed by atoms with E-state index in [0.29, 0.717) is 5.56 Å². The van der Waals surface area contributed by atoms with E-state index in [-0.39, 0.29) is 11.4 Å². The highest BCUT2D eigenvalue weighted by Gasteiger charge is 2.17. The molecule has 4 rings (SSSR count). The quantitative estimate of drug-likeness (QED) is 0.248. The molecule has 4 aromatic rings. The van der Waals surface area contributed by atoms with Crippen LogP contribution in [0.1, 0.15) is 32.7 Å². The van der Waals surface area contributed by atoms with Crippen LogP contribution in [0.3, 0.4) is 0 Å². The van der Waals surface area contributed by atoms with Gasteiger partial charge in [0.05, 0.1) is 22.5 Å². The first-order chi connectivity index (χ1) is 16.3. The van der Waals surface area contributed by atoms with Gasteiger partial charge in [-0.2, -0.15) is 10.2 Å². The number of aryl methyl sites for hydroxylation is 3. The Morgan fingerprint density at radius 2 is 1.76 bits per heavy atom. The minimum atomic E-state index is -0.487. The van der Waals surface area contributed by atoms with Gasteiger partial charge in [0.1, 0.15) is 0 Å². The zero-order valence-corrected chi connectivity index (χ0v) is 19.0. The molecule has 1 amide bonds. The number of nitro groups is 1. The summed E-state index contributed by atoms with van der Waals surface area (Å²) in [6.07, 6.45) is 1.39. The fourth-order valence-corrected chi connectivity index (χ4v) is 3.48. The van der Waals surface area contributed by atoms with Crippen molar-refractivity contribution >= 4 is 17.8 Å². The molecule has 1 heterocycles. The number of non-ortho nitro benzene ring substituents is 1. The van der Waals surface area contributed by atoms with E-state index >= 15 is 0 Å². The molecule has 34 heavy (non-hydrogen) atoms. The van der Waals surface area contributed by atoms with Gasteiger partial charge in [0.15, 0.2) is 5.69 Å². The smallest absolute Gasteiger partial charge is 0.265 e. The Hall–Kier alpha value is -4.59. The Morgan fingerprint density at radius 3 is 2.47 bits per heavy atom. The number of nitrogens with one attached hydrogen (secondary N) is 1. The molecule has 0 radical (unpaired) electrons. The number of nitro benzene ring substituents is 1. The van der Waals surface area contributed by atoms with Crippen molar-refractivity contribution in [1.29, 1.82) is 0 Å². The molecule has 0 aliphatic carbocycles. The molecule has 0 unspecified atom stereocenters. The molecule has 0 saturated heterocycles. The van der Waals surface area contributed by atoms with Crippen molar-refractivity contribution in [2.24, 2.45) is 5.10 Å². The van der Waals surface area contributed by atoms with E-state index in [0.717, 1.165) is 33.6 Å². The van der Waals surface area contributed by atoms with Crippen molar-refractivity contribution in [3.05, 3.63) is 111 Å². The lowest BCUT2D eigenvalue weighted by Gasteiger charge is -2.08. The number of amides is 1. The number of carbonyl (C=O) groups excluding carboxylic acids is 1. The van der Waals surface area contributed by atoms with E-state index < -0.39 is 10.8 Å². The monoisotopic (exact) mass is 453 g/mol. The summed E-state index contributed by atoms with van der Waals surface area (Å²) in [6, 6.07) is 22.1. The van der Waals surface area contributed by atoms with Gasteiger partial charge >= 0.3 is 0 Å². The first-order valence-electron chi connectivity index (χ1n) is 10.6. The summed E-state index contributed by atoms with van der Waals surface area (Å²) >= 11 is 0. The van der Waals surface area contributed by atoms with Crippen molar-refractivity contribution in [2.45, 2.75) is 20.8 Å². The molecule has 1 aromatic heterocycles. The summed E-state index contributed by atoms with van der Waals surface area (Å²) < 4.78 is 1.74. The van der Waals surface area contributed by atoms with E-state index in [1.807, 2.05) is 69.3 Å². The van der Waals surface area contributed by atoms with Gasteiger partial charge in [-0.05, 0) is 50.1 Å². The molecule has 0 atom stereocenters. The third-order valence-electron chi connectivity index (χ3n) is 5.38. The fourth-order valence-electron chi connectivity index (χ4n) is 3.48. The van der Waals surface area contributed by atoms with Crippen molar-refractivity contribution in [1.82, 2.24) is 15.2 Å². The van der Waals surface area contributed by atoms with Gasteiger partial charge < -0.3 is 0 Å². The van der Waals surface area contributed by atoms with Gasteiger partial charge in [-0.25, -0.2) is 10.1 Å². The van der Waals surface area contributed by atoms with Crippen LogP contribution < -0.4 is 5.43 Å². The third kappa shape index (κ3) is 4.91. The third-order valence-corrected chi connectivity index (χ3v) is 5.38. The van der Waals surface area contributed by atoms with Crippen LogP contribution in [-0.4, -0.2) is 26.8 Å². The summed E-state index contributed by atoms with van der Waals surface area (Å²) in [5, 5.41) is 19.6. The van der Waals surface area contributed by atoms with Gasteiger partial charge in [-0.15, -0.1) is 0 Å². The summed E-state index contributed by atoms with van der Waals surface area (Å²) in [5.41, 5.74) is 8.71. The Bertz CT molecular complexity index is 1400. The topological polar surface area (TPSA) is 102 Å². The largest absolute Gasteiger partial charge is 0.291 e. The van der Waals surface area contributed by atoms with Crippen LogP contribution in [0.4, 0.5) is 5.69 Å². The van der Waals surface area contributed by atoms with Gasteiger partial charge in [0.2, 0.25) is 0 Å². The number of benzene rings is 3. The van der Waals surface area contributed by atoms with Crippen molar-refractivity contribution in [2.75, 3.05) is 0 Å². The Kier molecular flexibility index (Phi) is 6.31. The molecule has 0 saturated carbocycles. The maximum atomic E-state index is 12.8. The number of hydrogen-bond acceptors (Lipinski definition) is 5. The average molecular weight is 454 g/mol. The molecule has 0 bridgehead atoms. The zero-order chi connectivity index (χ0) is 24.2. The van der Waals surface area contributed by atoms with E-state index in [9.17, 15) is 14.9 Å². The van der Waals surface area contributed by atoms with E-state index in [4.69, 9.17) is 0 Å². The molecule has 1 N–H and O–H groups in total. The maximum absolute atomic E-state index is 12.8. The number of nitrogens with zero attached hydrogens (tertiary/aromatic N) is 4. The summed E-state index contributed by atoms with van der Waals surface area (Å²) in [5.74, 6) is -0.487. The van der Waals surface area contributed by atoms with Gasteiger partial charge in [0.25, 0.3) is 11.6 Å². The molecule has 0 spiro atoms. The van der Waals surface area contributed by atoms with Crippen LogP contribution in [0.15, 0.2) is 77.9 Å². The molecule has 0 aliphatic heterocycles. The lowest BCUT2D eigenvalue weighted by atomic mass is 10.1. The molecular weight excluding hydrogens is 430 g/mol. The first-order valence-corrected chi connectivity index (χ1v) is 10.6. The van der Waals surface area contributed by atoms with E-state index in [1.165, 1.54) is 18.3 Å².